The molecule has 0 unspecified atom stereocenters. The number of esters is 6. The van der Waals surface area contributed by atoms with E-state index >= 15 is 0 Å². The SMILES string of the molecule is C=C(C)C(=O)OCCOC(=O)/C=C/c1ccc(OC(=O)CCC(=O)Oc2ccc(/C=C/C(=O)OCCOC(=O)C(=C)C)cc2)cc1. The van der Waals surface area contributed by atoms with E-state index in [9.17, 15) is 28.8 Å². The molecule has 0 saturated carbocycles. The molecule has 0 fully saturated rings. The average Bonchev–Trinajstić information content (AvgIpc) is 3.03. The summed E-state index contributed by atoms with van der Waals surface area (Å²) in [6.07, 6.45) is 4.95. The Hall–Kier alpha value is -5.78. The molecule has 0 atom stereocenters. The van der Waals surface area contributed by atoms with Crippen LogP contribution in [0.4, 0.5) is 0 Å². The van der Waals surface area contributed by atoms with E-state index in [-0.39, 0.29) is 61.9 Å². The molecule has 0 radical (unpaired) electrons. The minimum atomic E-state index is -0.641. The summed E-state index contributed by atoms with van der Waals surface area (Å²) < 4.78 is 30.0. The second kappa shape index (κ2) is 19.5. The topological polar surface area (TPSA) is 158 Å². The summed E-state index contributed by atoms with van der Waals surface area (Å²) in [5, 5.41) is 0. The van der Waals surface area contributed by atoms with Gasteiger partial charge in [0.05, 0.1) is 12.8 Å². The monoisotopic (exact) mass is 634 g/mol. The molecule has 12 nitrogen and oxygen atoms in total. The number of carbonyl (C=O) groups excluding carboxylic acids is 6. The van der Waals surface area contributed by atoms with Gasteiger partial charge in [-0.05, 0) is 61.4 Å². The van der Waals surface area contributed by atoms with Gasteiger partial charge in [-0.1, -0.05) is 37.4 Å². The lowest BCUT2D eigenvalue weighted by molar-refractivity contribution is -0.146. The first-order valence-corrected chi connectivity index (χ1v) is 13.9. The van der Waals surface area contributed by atoms with Crippen molar-refractivity contribution in [1.29, 1.82) is 0 Å². The van der Waals surface area contributed by atoms with Gasteiger partial charge in [0.2, 0.25) is 0 Å². The van der Waals surface area contributed by atoms with Crippen LogP contribution in [0, 0.1) is 0 Å². The number of hydrogen-bond donors (Lipinski definition) is 0. The normalized spacial score (nSPS) is 10.6. The van der Waals surface area contributed by atoms with Gasteiger partial charge in [0.25, 0.3) is 0 Å². The predicted octanol–water partition coefficient (Wildman–Crippen LogP) is 4.33. The Morgan fingerprint density at radius 2 is 0.870 bits per heavy atom. The zero-order chi connectivity index (χ0) is 33.9. The van der Waals surface area contributed by atoms with Crippen molar-refractivity contribution in [1.82, 2.24) is 0 Å². The summed E-state index contributed by atoms with van der Waals surface area (Å²) in [7, 11) is 0. The van der Waals surface area contributed by atoms with Crippen LogP contribution in [-0.4, -0.2) is 62.2 Å². The highest BCUT2D eigenvalue weighted by Gasteiger charge is 2.12. The molecule has 0 aliphatic rings. The summed E-state index contributed by atoms with van der Waals surface area (Å²) in [6.45, 7) is 9.53. The Morgan fingerprint density at radius 3 is 1.20 bits per heavy atom. The number of ether oxygens (including phenoxy) is 6. The highest BCUT2D eigenvalue weighted by molar-refractivity contribution is 5.89. The highest BCUT2D eigenvalue weighted by atomic mass is 16.6. The molecule has 0 N–H and O–H groups in total. The van der Waals surface area contributed by atoms with Gasteiger partial charge in [-0.2, -0.15) is 0 Å². The third-order valence-electron chi connectivity index (χ3n) is 5.40. The van der Waals surface area contributed by atoms with Crippen LogP contribution >= 0.6 is 0 Å². The Morgan fingerprint density at radius 1 is 0.543 bits per heavy atom. The van der Waals surface area contributed by atoms with Gasteiger partial charge in [-0.15, -0.1) is 0 Å². The molecule has 0 heterocycles. The Kier molecular flexibility index (Phi) is 15.4. The van der Waals surface area contributed by atoms with Gasteiger partial charge in [-0.25, -0.2) is 19.2 Å². The molecule has 0 bridgehead atoms. The molecule has 0 spiro atoms. The largest absolute Gasteiger partial charge is 0.459 e. The number of rotatable bonds is 17. The van der Waals surface area contributed by atoms with Crippen molar-refractivity contribution in [3.8, 4) is 11.5 Å². The summed E-state index contributed by atoms with van der Waals surface area (Å²) in [5.74, 6) is -3.18. The fourth-order valence-corrected chi connectivity index (χ4v) is 3.09. The van der Waals surface area contributed by atoms with Gasteiger partial charge in [-0.3, -0.25) is 9.59 Å². The maximum Gasteiger partial charge on any atom is 0.333 e. The molecule has 2 aromatic rings. The van der Waals surface area contributed by atoms with Crippen molar-refractivity contribution in [3.63, 3.8) is 0 Å². The highest BCUT2D eigenvalue weighted by Crippen LogP contribution is 2.16. The Labute approximate surface area is 265 Å². The minimum Gasteiger partial charge on any atom is -0.459 e. The first kappa shape index (κ1) is 36.4. The van der Waals surface area contributed by atoms with Crippen LogP contribution in [0.1, 0.15) is 37.8 Å². The van der Waals surface area contributed by atoms with E-state index < -0.39 is 35.8 Å². The third-order valence-corrected chi connectivity index (χ3v) is 5.40. The lowest BCUT2D eigenvalue weighted by Crippen LogP contribution is -2.14. The average molecular weight is 635 g/mol. The van der Waals surface area contributed by atoms with Crippen molar-refractivity contribution in [3.05, 3.63) is 96.1 Å². The fourth-order valence-electron chi connectivity index (χ4n) is 3.09. The third kappa shape index (κ3) is 15.1. The molecule has 242 valence electrons. The van der Waals surface area contributed by atoms with E-state index in [1.54, 1.807) is 24.3 Å². The minimum absolute atomic E-state index is 0.0868. The van der Waals surface area contributed by atoms with E-state index in [4.69, 9.17) is 28.4 Å². The molecule has 0 saturated heterocycles. The van der Waals surface area contributed by atoms with Crippen molar-refractivity contribution >= 4 is 48.0 Å². The zero-order valence-corrected chi connectivity index (χ0v) is 25.5. The van der Waals surface area contributed by atoms with Crippen LogP contribution in [0.15, 0.2) is 85.0 Å². The fraction of sp³-hybridized carbons (Fsp3) is 0.235. The molecule has 46 heavy (non-hydrogen) atoms. The van der Waals surface area contributed by atoms with Gasteiger partial charge in [0.15, 0.2) is 0 Å². The smallest absolute Gasteiger partial charge is 0.333 e. The van der Waals surface area contributed by atoms with Crippen molar-refractivity contribution in [2.45, 2.75) is 26.7 Å². The summed E-state index contributed by atoms with van der Waals surface area (Å²) in [5.41, 5.74) is 1.76. The van der Waals surface area contributed by atoms with Gasteiger partial charge < -0.3 is 28.4 Å². The number of carbonyl (C=O) groups is 6. The summed E-state index contributed by atoms with van der Waals surface area (Å²) >= 11 is 0. The molecule has 0 aromatic heterocycles. The quantitative estimate of drug-likeness (QED) is 0.0799. The molecule has 0 aliphatic carbocycles. The molecule has 0 aliphatic heterocycles. The summed E-state index contributed by atoms with van der Waals surface area (Å²) in [6, 6.07) is 12.5. The van der Waals surface area contributed by atoms with Crippen LogP contribution in [0.5, 0.6) is 11.5 Å². The molecule has 0 amide bonds. The summed E-state index contributed by atoms with van der Waals surface area (Å²) in [4.78, 5) is 70.4. The predicted molar refractivity (Wildman–Crippen MR) is 165 cm³/mol. The molecule has 2 rings (SSSR count). The van der Waals surface area contributed by atoms with Gasteiger partial charge in [0.1, 0.15) is 37.9 Å². The molecule has 2 aromatic carbocycles. The lowest BCUT2D eigenvalue weighted by Gasteiger charge is -2.06. The van der Waals surface area contributed by atoms with Crippen LogP contribution in [0.2, 0.25) is 0 Å². The van der Waals surface area contributed by atoms with Gasteiger partial charge in [0, 0.05) is 23.3 Å². The second-order valence-corrected chi connectivity index (χ2v) is 9.42. The molecular formula is C34H34O12. The molecular weight excluding hydrogens is 600 g/mol. The van der Waals surface area contributed by atoms with Crippen molar-refractivity contribution < 1.29 is 57.2 Å². The van der Waals surface area contributed by atoms with Crippen LogP contribution in [0.3, 0.4) is 0 Å². The Bertz CT molecular complexity index is 1370. The second-order valence-electron chi connectivity index (χ2n) is 9.42. The number of hydrogen-bond acceptors (Lipinski definition) is 12. The van der Waals surface area contributed by atoms with E-state index in [1.807, 2.05) is 0 Å². The van der Waals surface area contributed by atoms with Crippen LogP contribution in [-0.2, 0) is 47.7 Å². The Balaban J connectivity index is 1.67. The maximum atomic E-state index is 12.2. The lowest BCUT2D eigenvalue weighted by atomic mass is 10.2. The number of benzene rings is 2. The maximum absolute atomic E-state index is 12.2. The van der Waals surface area contributed by atoms with Crippen LogP contribution < -0.4 is 9.47 Å². The zero-order valence-electron chi connectivity index (χ0n) is 25.5. The van der Waals surface area contributed by atoms with E-state index in [0.717, 1.165) is 0 Å². The first-order valence-electron chi connectivity index (χ1n) is 13.9. The first-order chi connectivity index (χ1) is 21.9. The van der Waals surface area contributed by atoms with Gasteiger partial charge >= 0.3 is 35.8 Å². The van der Waals surface area contributed by atoms with Crippen molar-refractivity contribution in [2.75, 3.05) is 26.4 Å². The van der Waals surface area contributed by atoms with E-state index in [1.165, 1.54) is 62.4 Å². The van der Waals surface area contributed by atoms with Crippen LogP contribution in [0.25, 0.3) is 12.2 Å². The van der Waals surface area contributed by atoms with E-state index in [0.29, 0.717) is 11.1 Å². The van der Waals surface area contributed by atoms with E-state index in [2.05, 4.69) is 13.2 Å². The molecule has 12 heteroatoms. The standard InChI is InChI=1S/C34H34O12/c1-23(2)33(39)43-21-19-41-29(35)15-9-25-5-11-27(12-6-25)45-31(37)17-18-32(38)46-28-13-7-26(8-14-28)10-16-30(36)42-20-22-44-34(40)24(3)4/h5-16H,1,3,17-22H2,2,4H3/b15-9+,16-10+. The van der Waals surface area contributed by atoms with Crippen molar-refractivity contribution in [2.24, 2.45) is 0 Å².